The fourth-order valence-corrected chi connectivity index (χ4v) is 1.31. The summed E-state index contributed by atoms with van der Waals surface area (Å²) in [6.07, 6.45) is 2.12. The Labute approximate surface area is 91.0 Å². The Balaban J connectivity index is 2.50. The second kappa shape index (κ2) is 5.66. The molecule has 0 unspecified atom stereocenters. The highest BCUT2D eigenvalue weighted by Crippen LogP contribution is 2.09. The molecule has 0 spiro atoms. The smallest absolute Gasteiger partial charge is 0.123 e. The average molecular weight is 207 g/mol. The van der Waals surface area contributed by atoms with Gasteiger partial charge < -0.3 is 5.32 Å². The first-order chi connectivity index (χ1) is 7.09. The van der Waals surface area contributed by atoms with Crippen molar-refractivity contribution in [2.24, 2.45) is 0 Å². The van der Waals surface area contributed by atoms with Gasteiger partial charge in [0.25, 0.3) is 0 Å². The van der Waals surface area contributed by atoms with Crippen LogP contribution < -0.4 is 5.32 Å². The molecule has 0 fully saturated rings. The standard InChI is InChI=1S/C13H18FN/c1-10(2)6-7-15-9-12-8-13(14)5-4-11(12)3/h4-6,8,15H,7,9H2,1-3H3. The van der Waals surface area contributed by atoms with Crippen molar-refractivity contribution in [3.8, 4) is 0 Å². The number of halogens is 1. The molecule has 0 bridgehead atoms. The van der Waals surface area contributed by atoms with Gasteiger partial charge in [-0.3, -0.25) is 0 Å². The first-order valence-electron chi connectivity index (χ1n) is 5.18. The van der Waals surface area contributed by atoms with E-state index in [1.165, 1.54) is 11.6 Å². The minimum atomic E-state index is -0.167. The highest BCUT2D eigenvalue weighted by Gasteiger charge is 1.98. The monoisotopic (exact) mass is 207 g/mol. The van der Waals surface area contributed by atoms with Crippen molar-refractivity contribution >= 4 is 0 Å². The number of hydrogen-bond donors (Lipinski definition) is 1. The minimum Gasteiger partial charge on any atom is -0.309 e. The molecule has 0 aliphatic heterocycles. The molecule has 0 aromatic heterocycles. The van der Waals surface area contributed by atoms with Gasteiger partial charge in [0.2, 0.25) is 0 Å². The summed E-state index contributed by atoms with van der Waals surface area (Å²) in [6, 6.07) is 4.90. The normalized spacial score (nSPS) is 10.1. The van der Waals surface area contributed by atoms with E-state index in [0.717, 1.165) is 17.7 Å². The molecule has 0 heterocycles. The summed E-state index contributed by atoms with van der Waals surface area (Å²) in [6.45, 7) is 7.67. The van der Waals surface area contributed by atoms with Crippen molar-refractivity contribution in [1.29, 1.82) is 0 Å². The summed E-state index contributed by atoms with van der Waals surface area (Å²) in [5.41, 5.74) is 3.44. The Morgan fingerprint density at radius 3 is 2.80 bits per heavy atom. The van der Waals surface area contributed by atoms with Crippen LogP contribution in [0.15, 0.2) is 29.8 Å². The Bertz CT molecular complexity index is 352. The molecular formula is C13H18FN. The van der Waals surface area contributed by atoms with E-state index in [2.05, 4.69) is 25.2 Å². The molecule has 0 atom stereocenters. The number of aryl methyl sites for hydroxylation is 1. The number of hydrogen-bond acceptors (Lipinski definition) is 1. The lowest BCUT2D eigenvalue weighted by molar-refractivity contribution is 0.622. The minimum absolute atomic E-state index is 0.167. The Morgan fingerprint density at radius 2 is 2.13 bits per heavy atom. The van der Waals surface area contributed by atoms with E-state index in [0.29, 0.717) is 6.54 Å². The van der Waals surface area contributed by atoms with E-state index in [-0.39, 0.29) is 5.82 Å². The van der Waals surface area contributed by atoms with Gasteiger partial charge >= 0.3 is 0 Å². The van der Waals surface area contributed by atoms with Gasteiger partial charge in [-0.1, -0.05) is 17.7 Å². The number of nitrogens with one attached hydrogen (secondary N) is 1. The van der Waals surface area contributed by atoms with Crippen molar-refractivity contribution in [1.82, 2.24) is 5.32 Å². The maximum absolute atomic E-state index is 12.9. The van der Waals surface area contributed by atoms with Crippen molar-refractivity contribution in [3.05, 3.63) is 46.8 Å². The molecule has 0 saturated carbocycles. The zero-order valence-electron chi connectivity index (χ0n) is 9.60. The first kappa shape index (κ1) is 11.9. The van der Waals surface area contributed by atoms with Crippen LogP contribution in [-0.4, -0.2) is 6.54 Å². The SMILES string of the molecule is CC(C)=CCNCc1cc(F)ccc1C. The summed E-state index contributed by atoms with van der Waals surface area (Å²) in [5, 5.41) is 3.26. The predicted molar refractivity (Wildman–Crippen MR) is 62.3 cm³/mol. The summed E-state index contributed by atoms with van der Waals surface area (Å²) in [4.78, 5) is 0. The van der Waals surface area contributed by atoms with Crippen molar-refractivity contribution < 1.29 is 4.39 Å². The van der Waals surface area contributed by atoms with Crippen molar-refractivity contribution in [2.45, 2.75) is 27.3 Å². The Kier molecular flexibility index (Phi) is 4.50. The third kappa shape index (κ3) is 4.26. The lowest BCUT2D eigenvalue weighted by Crippen LogP contribution is -2.14. The predicted octanol–water partition coefficient (Wildman–Crippen LogP) is 3.19. The van der Waals surface area contributed by atoms with Crippen LogP contribution in [0.1, 0.15) is 25.0 Å². The zero-order chi connectivity index (χ0) is 11.3. The highest BCUT2D eigenvalue weighted by atomic mass is 19.1. The molecule has 0 aliphatic rings. The zero-order valence-corrected chi connectivity index (χ0v) is 9.60. The Hall–Kier alpha value is -1.15. The maximum atomic E-state index is 12.9. The van der Waals surface area contributed by atoms with Crippen LogP contribution in [0, 0.1) is 12.7 Å². The van der Waals surface area contributed by atoms with E-state index in [1.54, 1.807) is 6.07 Å². The lowest BCUT2D eigenvalue weighted by Gasteiger charge is -2.06. The van der Waals surface area contributed by atoms with Crippen LogP contribution in [0.2, 0.25) is 0 Å². The second-order valence-electron chi connectivity index (χ2n) is 3.98. The third-order valence-corrected chi connectivity index (χ3v) is 2.28. The van der Waals surface area contributed by atoms with Crippen LogP contribution in [-0.2, 0) is 6.54 Å². The van der Waals surface area contributed by atoms with E-state index in [1.807, 2.05) is 13.0 Å². The van der Waals surface area contributed by atoms with Gasteiger partial charge in [0.1, 0.15) is 5.82 Å². The van der Waals surface area contributed by atoms with E-state index >= 15 is 0 Å². The highest BCUT2D eigenvalue weighted by molar-refractivity contribution is 5.26. The Morgan fingerprint density at radius 1 is 1.40 bits per heavy atom. The van der Waals surface area contributed by atoms with Gasteiger partial charge in [-0.2, -0.15) is 0 Å². The maximum Gasteiger partial charge on any atom is 0.123 e. The van der Waals surface area contributed by atoms with Gasteiger partial charge in [-0.25, -0.2) is 4.39 Å². The molecule has 0 aliphatic carbocycles. The molecule has 1 aromatic carbocycles. The molecule has 82 valence electrons. The molecular weight excluding hydrogens is 189 g/mol. The van der Waals surface area contributed by atoms with Crippen LogP contribution >= 0.6 is 0 Å². The molecule has 15 heavy (non-hydrogen) atoms. The number of benzene rings is 1. The molecule has 2 heteroatoms. The molecule has 1 nitrogen and oxygen atoms in total. The quantitative estimate of drug-likeness (QED) is 0.590. The van der Waals surface area contributed by atoms with Crippen molar-refractivity contribution in [3.63, 3.8) is 0 Å². The molecule has 1 rings (SSSR count). The molecule has 1 N–H and O–H groups in total. The van der Waals surface area contributed by atoms with Gasteiger partial charge in [0.15, 0.2) is 0 Å². The molecule has 0 amide bonds. The average Bonchev–Trinajstić information content (AvgIpc) is 2.17. The van der Waals surface area contributed by atoms with E-state index < -0.39 is 0 Å². The summed E-state index contributed by atoms with van der Waals surface area (Å²) in [7, 11) is 0. The van der Waals surface area contributed by atoms with Gasteiger partial charge in [0, 0.05) is 13.1 Å². The topological polar surface area (TPSA) is 12.0 Å². The number of rotatable bonds is 4. The molecule has 0 saturated heterocycles. The van der Waals surface area contributed by atoms with Crippen molar-refractivity contribution in [2.75, 3.05) is 6.54 Å². The summed E-state index contributed by atoms with van der Waals surface area (Å²) in [5.74, 6) is -0.167. The fourth-order valence-electron chi connectivity index (χ4n) is 1.31. The van der Waals surface area contributed by atoms with Gasteiger partial charge in [0.05, 0.1) is 0 Å². The second-order valence-corrected chi connectivity index (χ2v) is 3.98. The van der Waals surface area contributed by atoms with Crippen LogP contribution in [0.25, 0.3) is 0 Å². The van der Waals surface area contributed by atoms with Gasteiger partial charge in [-0.15, -0.1) is 0 Å². The lowest BCUT2D eigenvalue weighted by atomic mass is 10.1. The molecule has 0 radical (unpaired) electrons. The molecule has 1 aromatic rings. The summed E-state index contributed by atoms with van der Waals surface area (Å²) >= 11 is 0. The first-order valence-corrected chi connectivity index (χ1v) is 5.18. The van der Waals surface area contributed by atoms with Crippen LogP contribution in [0.5, 0.6) is 0 Å². The van der Waals surface area contributed by atoms with Gasteiger partial charge in [-0.05, 0) is 44.0 Å². The van der Waals surface area contributed by atoms with E-state index in [4.69, 9.17) is 0 Å². The van der Waals surface area contributed by atoms with Crippen LogP contribution in [0.3, 0.4) is 0 Å². The van der Waals surface area contributed by atoms with E-state index in [9.17, 15) is 4.39 Å². The number of allylic oxidation sites excluding steroid dienone is 1. The third-order valence-electron chi connectivity index (χ3n) is 2.28. The fraction of sp³-hybridized carbons (Fsp3) is 0.385. The largest absolute Gasteiger partial charge is 0.309 e. The summed E-state index contributed by atoms with van der Waals surface area (Å²) < 4.78 is 12.9. The van der Waals surface area contributed by atoms with Crippen LogP contribution in [0.4, 0.5) is 4.39 Å².